The summed E-state index contributed by atoms with van der Waals surface area (Å²) in [6, 6.07) is 16.1. The minimum Gasteiger partial charge on any atom is -0.425 e. The van der Waals surface area contributed by atoms with Crippen molar-refractivity contribution in [2.24, 2.45) is 0 Å². The van der Waals surface area contributed by atoms with Crippen molar-refractivity contribution >= 4 is 11.6 Å². The number of aromatic nitrogens is 2. The van der Waals surface area contributed by atoms with Crippen LogP contribution in [0.1, 0.15) is 0 Å². The lowest BCUT2D eigenvalue weighted by Crippen LogP contribution is -2.21. The molecule has 3 rings (SSSR count). The summed E-state index contributed by atoms with van der Waals surface area (Å²) >= 11 is 5.96. The van der Waals surface area contributed by atoms with Crippen LogP contribution in [0.25, 0.3) is 22.5 Å². The van der Waals surface area contributed by atoms with E-state index in [1.165, 1.54) is 6.20 Å². The molecule has 5 heteroatoms. The summed E-state index contributed by atoms with van der Waals surface area (Å²) in [5, 5.41) is 10.4. The van der Waals surface area contributed by atoms with Crippen LogP contribution in [0, 0.1) is 0 Å². The van der Waals surface area contributed by atoms with Crippen molar-refractivity contribution in [2.45, 2.75) is 0 Å². The van der Waals surface area contributed by atoms with Crippen LogP contribution in [0.15, 0.2) is 65.6 Å². The highest BCUT2D eigenvalue weighted by molar-refractivity contribution is 6.30. The Labute approximate surface area is 125 Å². The van der Waals surface area contributed by atoms with E-state index in [1.54, 1.807) is 30.3 Å². The first-order valence-electron chi connectivity index (χ1n) is 6.29. The third-order valence-electron chi connectivity index (χ3n) is 3.06. The van der Waals surface area contributed by atoms with Gasteiger partial charge in [-0.15, -0.1) is 0 Å². The van der Waals surface area contributed by atoms with Gasteiger partial charge >= 0.3 is 5.56 Å². The van der Waals surface area contributed by atoms with Crippen molar-refractivity contribution < 1.29 is 5.21 Å². The van der Waals surface area contributed by atoms with E-state index in [1.807, 2.05) is 24.3 Å². The van der Waals surface area contributed by atoms with Crippen LogP contribution in [-0.2, 0) is 0 Å². The van der Waals surface area contributed by atoms with E-state index in [2.05, 4.69) is 4.98 Å². The predicted molar refractivity (Wildman–Crippen MR) is 81.6 cm³/mol. The molecule has 0 aliphatic heterocycles. The zero-order valence-electron chi connectivity index (χ0n) is 10.9. The van der Waals surface area contributed by atoms with Crippen molar-refractivity contribution in [3.8, 4) is 22.5 Å². The Hall–Kier alpha value is -2.59. The number of benzene rings is 2. The second-order valence-corrected chi connectivity index (χ2v) is 4.94. The summed E-state index contributed by atoms with van der Waals surface area (Å²) in [7, 11) is 0. The lowest BCUT2D eigenvalue weighted by atomic mass is 10.1. The Morgan fingerprint density at radius 1 is 1.00 bits per heavy atom. The maximum Gasteiger partial charge on any atom is 0.309 e. The van der Waals surface area contributed by atoms with Crippen LogP contribution in [0.2, 0.25) is 5.02 Å². The lowest BCUT2D eigenvalue weighted by molar-refractivity contribution is 0.175. The zero-order chi connectivity index (χ0) is 14.8. The van der Waals surface area contributed by atoms with Gasteiger partial charge in [-0.1, -0.05) is 54.1 Å². The van der Waals surface area contributed by atoms with Crippen LogP contribution >= 0.6 is 11.6 Å². The Morgan fingerprint density at radius 2 is 1.71 bits per heavy atom. The van der Waals surface area contributed by atoms with Crippen molar-refractivity contribution in [2.75, 3.05) is 0 Å². The third kappa shape index (κ3) is 2.66. The van der Waals surface area contributed by atoms with Crippen LogP contribution in [-0.4, -0.2) is 14.9 Å². The van der Waals surface area contributed by atoms with Crippen molar-refractivity contribution in [1.29, 1.82) is 0 Å². The van der Waals surface area contributed by atoms with Gasteiger partial charge < -0.3 is 5.21 Å². The number of hydrogen-bond acceptors (Lipinski definition) is 3. The van der Waals surface area contributed by atoms with Gasteiger partial charge in [-0.25, -0.2) is 4.98 Å². The van der Waals surface area contributed by atoms with Crippen LogP contribution in [0.5, 0.6) is 0 Å². The van der Waals surface area contributed by atoms with Crippen molar-refractivity contribution in [3.05, 3.63) is 76.2 Å². The van der Waals surface area contributed by atoms with Crippen molar-refractivity contribution in [3.63, 3.8) is 0 Å². The summed E-state index contributed by atoms with van der Waals surface area (Å²) in [5.41, 5.74) is 1.47. The molecule has 104 valence electrons. The van der Waals surface area contributed by atoms with E-state index >= 15 is 0 Å². The first-order valence-corrected chi connectivity index (χ1v) is 6.67. The van der Waals surface area contributed by atoms with E-state index in [4.69, 9.17) is 11.6 Å². The lowest BCUT2D eigenvalue weighted by Gasteiger charge is -2.07. The van der Waals surface area contributed by atoms with Gasteiger partial charge in [-0.05, 0) is 12.1 Å². The number of hydrogen-bond donors (Lipinski definition) is 1. The Balaban J connectivity index is 2.21. The summed E-state index contributed by atoms with van der Waals surface area (Å²) in [4.78, 5) is 16.4. The molecule has 21 heavy (non-hydrogen) atoms. The molecule has 0 aliphatic rings. The molecule has 0 amide bonds. The molecule has 1 N–H and O–H groups in total. The SMILES string of the molecule is O=c1c(-c2ccccc2)nc(-c2cccc(Cl)c2)cn1O. The molecule has 2 aromatic carbocycles. The maximum atomic E-state index is 12.0. The van der Waals surface area contributed by atoms with Gasteiger partial charge in [-0.3, -0.25) is 4.79 Å². The Bertz CT molecular complexity index is 844. The highest BCUT2D eigenvalue weighted by atomic mass is 35.5. The fraction of sp³-hybridized carbons (Fsp3) is 0. The van der Waals surface area contributed by atoms with E-state index in [0.29, 0.717) is 21.0 Å². The first-order chi connectivity index (χ1) is 10.1. The molecule has 0 fully saturated rings. The Morgan fingerprint density at radius 3 is 2.43 bits per heavy atom. The molecule has 0 saturated heterocycles. The third-order valence-corrected chi connectivity index (χ3v) is 3.29. The smallest absolute Gasteiger partial charge is 0.309 e. The van der Waals surface area contributed by atoms with Gasteiger partial charge in [0.1, 0.15) is 5.69 Å². The van der Waals surface area contributed by atoms with Gasteiger partial charge in [0.15, 0.2) is 0 Å². The van der Waals surface area contributed by atoms with E-state index in [0.717, 1.165) is 5.56 Å². The molecule has 3 aromatic rings. The second-order valence-electron chi connectivity index (χ2n) is 4.50. The first kappa shape index (κ1) is 13.4. The topological polar surface area (TPSA) is 55.1 Å². The average Bonchev–Trinajstić information content (AvgIpc) is 2.51. The van der Waals surface area contributed by atoms with Crippen molar-refractivity contribution in [1.82, 2.24) is 9.71 Å². The summed E-state index contributed by atoms with van der Waals surface area (Å²) in [5.74, 6) is 0. The predicted octanol–water partition coefficient (Wildman–Crippen LogP) is 3.47. The largest absolute Gasteiger partial charge is 0.425 e. The highest BCUT2D eigenvalue weighted by Gasteiger charge is 2.11. The number of rotatable bonds is 2. The van der Waals surface area contributed by atoms with E-state index in [9.17, 15) is 10.0 Å². The average molecular weight is 299 g/mol. The minimum atomic E-state index is -0.563. The normalized spacial score (nSPS) is 10.5. The second kappa shape index (κ2) is 5.42. The zero-order valence-corrected chi connectivity index (χ0v) is 11.7. The quantitative estimate of drug-likeness (QED) is 0.737. The Kier molecular flexibility index (Phi) is 3.46. The fourth-order valence-corrected chi connectivity index (χ4v) is 2.24. The molecule has 0 saturated carbocycles. The minimum absolute atomic E-state index is 0.190. The van der Waals surface area contributed by atoms with Crippen LogP contribution in [0.4, 0.5) is 0 Å². The van der Waals surface area contributed by atoms with Gasteiger partial charge in [0, 0.05) is 16.1 Å². The molecule has 0 aliphatic carbocycles. The van der Waals surface area contributed by atoms with Gasteiger partial charge in [0.05, 0.1) is 11.9 Å². The van der Waals surface area contributed by atoms with Gasteiger partial charge in [0.2, 0.25) is 0 Å². The molecule has 0 radical (unpaired) electrons. The number of nitrogens with zero attached hydrogens (tertiary/aromatic N) is 2. The van der Waals surface area contributed by atoms with E-state index < -0.39 is 5.56 Å². The van der Waals surface area contributed by atoms with Gasteiger partial charge in [0.25, 0.3) is 0 Å². The highest BCUT2D eigenvalue weighted by Crippen LogP contribution is 2.22. The van der Waals surface area contributed by atoms with Crippen LogP contribution in [0.3, 0.4) is 0 Å². The fourth-order valence-electron chi connectivity index (χ4n) is 2.05. The molecule has 0 spiro atoms. The monoisotopic (exact) mass is 298 g/mol. The summed E-state index contributed by atoms with van der Waals surface area (Å²) in [6.45, 7) is 0. The summed E-state index contributed by atoms with van der Waals surface area (Å²) in [6.07, 6.45) is 1.28. The molecule has 1 aromatic heterocycles. The van der Waals surface area contributed by atoms with Gasteiger partial charge in [-0.2, -0.15) is 4.73 Å². The standard InChI is InChI=1S/C16H11ClN2O2/c17-13-8-4-7-12(9-13)14-10-19(21)16(20)15(18-14)11-5-2-1-3-6-11/h1-10,21H. The molecule has 0 atom stereocenters. The summed E-state index contributed by atoms with van der Waals surface area (Å²) < 4.78 is 0.547. The molecular weight excluding hydrogens is 288 g/mol. The molecule has 0 bridgehead atoms. The maximum absolute atomic E-state index is 12.0. The molecule has 0 unspecified atom stereocenters. The van der Waals surface area contributed by atoms with Crippen LogP contribution < -0.4 is 5.56 Å². The molecular formula is C16H11ClN2O2. The number of halogens is 1. The molecule has 4 nitrogen and oxygen atoms in total. The van der Waals surface area contributed by atoms with E-state index in [-0.39, 0.29) is 5.69 Å². The molecule has 1 heterocycles.